The van der Waals surface area contributed by atoms with E-state index in [9.17, 15) is 18.3 Å². The van der Waals surface area contributed by atoms with Crippen LogP contribution in [-0.2, 0) is 12.7 Å². The van der Waals surface area contributed by atoms with Gasteiger partial charge in [-0.05, 0) is 42.7 Å². The molecular formula is C15H17F3N2O. The van der Waals surface area contributed by atoms with Crippen molar-refractivity contribution in [2.45, 2.75) is 39.1 Å². The Hall–Kier alpha value is -1.82. The second kappa shape index (κ2) is 5.89. The number of aromatic nitrogens is 2. The molecule has 0 spiro atoms. The number of halogens is 3. The molecule has 0 amide bonds. The van der Waals surface area contributed by atoms with E-state index in [1.54, 1.807) is 23.9 Å². The average molecular weight is 298 g/mol. The first kappa shape index (κ1) is 15.6. The summed E-state index contributed by atoms with van der Waals surface area (Å²) in [6.45, 7) is 4.20. The van der Waals surface area contributed by atoms with Gasteiger partial charge in [0.1, 0.15) is 6.10 Å². The fourth-order valence-electron chi connectivity index (χ4n) is 2.29. The van der Waals surface area contributed by atoms with Gasteiger partial charge in [0.15, 0.2) is 0 Å². The van der Waals surface area contributed by atoms with Crippen LogP contribution in [-0.4, -0.2) is 14.9 Å². The van der Waals surface area contributed by atoms with Gasteiger partial charge >= 0.3 is 6.18 Å². The summed E-state index contributed by atoms with van der Waals surface area (Å²) in [5.41, 5.74) is 0.736. The molecule has 1 unspecified atom stereocenters. The van der Waals surface area contributed by atoms with Gasteiger partial charge in [-0.2, -0.15) is 18.3 Å². The van der Waals surface area contributed by atoms with Crippen molar-refractivity contribution in [3.8, 4) is 0 Å². The summed E-state index contributed by atoms with van der Waals surface area (Å²) in [7, 11) is 0. The minimum atomic E-state index is -4.38. The molecule has 0 aliphatic carbocycles. The van der Waals surface area contributed by atoms with E-state index in [2.05, 4.69) is 5.10 Å². The Labute approximate surface area is 121 Å². The van der Waals surface area contributed by atoms with Gasteiger partial charge in [0.05, 0.1) is 11.3 Å². The van der Waals surface area contributed by atoms with Gasteiger partial charge in [-0.15, -0.1) is 0 Å². The monoisotopic (exact) mass is 298 g/mol. The standard InChI is InChI=1S/C15H17F3N2O/c1-3-8-20-13(6-7-19-20)14(21)12-5-4-11(9-10(12)2)15(16,17)18/h4-7,9,14,21H,3,8H2,1-2H3. The second-order valence-electron chi connectivity index (χ2n) is 4.95. The lowest BCUT2D eigenvalue weighted by Gasteiger charge is -2.17. The first-order chi connectivity index (χ1) is 9.84. The second-order valence-corrected chi connectivity index (χ2v) is 4.95. The van der Waals surface area contributed by atoms with Crippen LogP contribution in [0.2, 0.25) is 0 Å². The Balaban J connectivity index is 2.35. The molecule has 1 N–H and O–H groups in total. The molecule has 0 saturated heterocycles. The van der Waals surface area contributed by atoms with Crippen molar-refractivity contribution < 1.29 is 18.3 Å². The van der Waals surface area contributed by atoms with Crippen molar-refractivity contribution in [2.75, 3.05) is 0 Å². The zero-order valence-electron chi connectivity index (χ0n) is 11.9. The van der Waals surface area contributed by atoms with Crippen LogP contribution in [0.1, 0.15) is 41.8 Å². The van der Waals surface area contributed by atoms with E-state index in [0.29, 0.717) is 23.4 Å². The maximum Gasteiger partial charge on any atom is 0.416 e. The summed E-state index contributed by atoms with van der Waals surface area (Å²) in [5.74, 6) is 0. The third-order valence-corrected chi connectivity index (χ3v) is 3.36. The third-order valence-electron chi connectivity index (χ3n) is 3.36. The number of rotatable bonds is 4. The maximum absolute atomic E-state index is 12.7. The number of hydrogen-bond acceptors (Lipinski definition) is 2. The zero-order valence-corrected chi connectivity index (χ0v) is 11.9. The lowest BCUT2D eigenvalue weighted by molar-refractivity contribution is -0.137. The predicted molar refractivity (Wildman–Crippen MR) is 72.8 cm³/mol. The van der Waals surface area contributed by atoms with Gasteiger partial charge in [-0.1, -0.05) is 13.0 Å². The molecule has 2 rings (SSSR count). The van der Waals surface area contributed by atoms with E-state index in [4.69, 9.17) is 0 Å². The Morgan fingerprint density at radius 3 is 2.57 bits per heavy atom. The Morgan fingerprint density at radius 2 is 2.00 bits per heavy atom. The molecule has 1 atom stereocenters. The van der Waals surface area contributed by atoms with E-state index in [0.717, 1.165) is 18.6 Å². The van der Waals surface area contributed by atoms with Gasteiger partial charge in [-0.25, -0.2) is 0 Å². The number of nitrogens with zero attached hydrogens (tertiary/aromatic N) is 2. The quantitative estimate of drug-likeness (QED) is 0.934. The smallest absolute Gasteiger partial charge is 0.382 e. The zero-order chi connectivity index (χ0) is 15.6. The van der Waals surface area contributed by atoms with Gasteiger partial charge in [0.2, 0.25) is 0 Å². The van der Waals surface area contributed by atoms with Crippen LogP contribution >= 0.6 is 0 Å². The molecule has 3 nitrogen and oxygen atoms in total. The molecule has 0 aliphatic rings. The molecule has 1 heterocycles. The summed E-state index contributed by atoms with van der Waals surface area (Å²) < 4.78 is 39.7. The van der Waals surface area contributed by atoms with Crippen LogP contribution in [0.3, 0.4) is 0 Å². The average Bonchev–Trinajstić information content (AvgIpc) is 2.85. The van der Waals surface area contributed by atoms with Crippen LogP contribution in [0, 0.1) is 6.92 Å². The number of aliphatic hydroxyl groups excluding tert-OH is 1. The number of hydrogen-bond donors (Lipinski definition) is 1. The largest absolute Gasteiger partial charge is 0.416 e. The van der Waals surface area contributed by atoms with Crippen molar-refractivity contribution in [1.82, 2.24) is 9.78 Å². The summed E-state index contributed by atoms with van der Waals surface area (Å²) in [6, 6.07) is 5.05. The highest BCUT2D eigenvalue weighted by molar-refractivity contribution is 5.37. The number of aryl methyl sites for hydroxylation is 2. The first-order valence-electron chi connectivity index (χ1n) is 6.72. The minimum absolute atomic E-state index is 0.404. The molecule has 21 heavy (non-hydrogen) atoms. The van der Waals surface area contributed by atoms with Crippen molar-refractivity contribution in [1.29, 1.82) is 0 Å². The number of alkyl halides is 3. The molecule has 0 radical (unpaired) electrons. The van der Waals surface area contributed by atoms with Crippen LogP contribution in [0.25, 0.3) is 0 Å². The normalized spacial score (nSPS) is 13.4. The molecule has 1 aromatic heterocycles. The van der Waals surface area contributed by atoms with Crippen molar-refractivity contribution in [3.63, 3.8) is 0 Å². The van der Waals surface area contributed by atoms with Crippen LogP contribution < -0.4 is 0 Å². The molecule has 0 aliphatic heterocycles. The molecule has 1 aromatic carbocycles. The summed E-state index contributed by atoms with van der Waals surface area (Å²) in [6.07, 6.45) is -2.93. The van der Waals surface area contributed by atoms with Gasteiger partial charge in [0.25, 0.3) is 0 Å². The number of aliphatic hydroxyl groups is 1. The lowest BCUT2D eigenvalue weighted by atomic mass is 9.98. The van der Waals surface area contributed by atoms with E-state index in [1.165, 1.54) is 6.07 Å². The van der Waals surface area contributed by atoms with E-state index in [-0.39, 0.29) is 0 Å². The highest BCUT2D eigenvalue weighted by Crippen LogP contribution is 2.33. The van der Waals surface area contributed by atoms with E-state index < -0.39 is 17.8 Å². The molecule has 0 saturated carbocycles. The number of benzene rings is 1. The third kappa shape index (κ3) is 3.26. The molecule has 0 bridgehead atoms. The summed E-state index contributed by atoms with van der Waals surface area (Å²) in [4.78, 5) is 0. The topological polar surface area (TPSA) is 38.0 Å². The minimum Gasteiger partial charge on any atom is -0.382 e. The Kier molecular flexibility index (Phi) is 4.37. The molecule has 2 aromatic rings. The molecular weight excluding hydrogens is 281 g/mol. The van der Waals surface area contributed by atoms with Crippen LogP contribution in [0.4, 0.5) is 13.2 Å². The summed E-state index contributed by atoms with van der Waals surface area (Å²) >= 11 is 0. The van der Waals surface area contributed by atoms with E-state index in [1.807, 2.05) is 6.92 Å². The van der Waals surface area contributed by atoms with Crippen molar-refractivity contribution in [3.05, 3.63) is 52.8 Å². The summed E-state index contributed by atoms with van der Waals surface area (Å²) in [5, 5.41) is 14.5. The van der Waals surface area contributed by atoms with Gasteiger partial charge in [-0.3, -0.25) is 4.68 Å². The fraction of sp³-hybridized carbons (Fsp3) is 0.400. The molecule has 6 heteroatoms. The first-order valence-corrected chi connectivity index (χ1v) is 6.72. The highest BCUT2D eigenvalue weighted by Gasteiger charge is 2.31. The Bertz CT molecular complexity index is 620. The van der Waals surface area contributed by atoms with Crippen molar-refractivity contribution >= 4 is 0 Å². The SMILES string of the molecule is CCCn1nccc1C(O)c1ccc(C(F)(F)F)cc1C. The molecule has 114 valence electrons. The fourth-order valence-corrected chi connectivity index (χ4v) is 2.29. The van der Waals surface area contributed by atoms with E-state index >= 15 is 0 Å². The van der Waals surface area contributed by atoms with Gasteiger partial charge in [0, 0.05) is 12.7 Å². The Morgan fingerprint density at radius 1 is 1.29 bits per heavy atom. The molecule has 0 fully saturated rings. The highest BCUT2D eigenvalue weighted by atomic mass is 19.4. The maximum atomic E-state index is 12.7. The lowest BCUT2D eigenvalue weighted by Crippen LogP contribution is -2.12. The van der Waals surface area contributed by atoms with Crippen LogP contribution in [0.15, 0.2) is 30.5 Å². The van der Waals surface area contributed by atoms with Crippen LogP contribution in [0.5, 0.6) is 0 Å². The van der Waals surface area contributed by atoms with Gasteiger partial charge < -0.3 is 5.11 Å². The predicted octanol–water partition coefficient (Wildman–Crippen LogP) is 3.70. The van der Waals surface area contributed by atoms with Crippen molar-refractivity contribution in [2.24, 2.45) is 0 Å².